The summed E-state index contributed by atoms with van der Waals surface area (Å²) in [6.45, 7) is 3.10. The lowest BCUT2D eigenvalue weighted by atomic mass is 10.1. The quantitative estimate of drug-likeness (QED) is 0.630. The third kappa shape index (κ3) is 3.63. The van der Waals surface area contributed by atoms with Crippen LogP contribution in [-0.4, -0.2) is 60.8 Å². The van der Waals surface area contributed by atoms with Gasteiger partial charge in [0, 0.05) is 6.04 Å². The number of nitrogens with one attached hydrogen (secondary N) is 1. The van der Waals surface area contributed by atoms with Crippen LogP contribution in [0.1, 0.15) is 38.7 Å². The van der Waals surface area contributed by atoms with Gasteiger partial charge in [0.25, 0.3) is 0 Å². The molecule has 28 heavy (non-hydrogen) atoms. The Bertz CT molecular complexity index is 826. The van der Waals surface area contributed by atoms with Crippen LogP contribution in [0.5, 0.6) is 0 Å². The minimum absolute atomic E-state index is 0.0256. The number of ether oxygens (including phenoxy) is 1. The molecule has 2 aromatic rings. The van der Waals surface area contributed by atoms with Gasteiger partial charge in [-0.15, -0.1) is 0 Å². The van der Waals surface area contributed by atoms with Crippen molar-refractivity contribution in [3.8, 4) is 0 Å². The lowest BCUT2D eigenvalue weighted by Gasteiger charge is -2.18. The van der Waals surface area contributed by atoms with E-state index in [0.29, 0.717) is 12.8 Å². The van der Waals surface area contributed by atoms with Crippen LogP contribution < -0.4 is 5.32 Å². The van der Waals surface area contributed by atoms with Crippen LogP contribution >= 0.6 is 0 Å². The van der Waals surface area contributed by atoms with Crippen LogP contribution in [0, 0.1) is 0 Å². The molecule has 0 spiro atoms. The first-order chi connectivity index (χ1) is 13.2. The Morgan fingerprint density at radius 2 is 1.96 bits per heavy atom. The standard InChI is InChI=1S/C16H21F4N5O3/c1-3-7(4-2)22-12-10-13(24-15(23-12)16(18,19)20)25(6-21-10)14-9(17)11(27)8(5-26)28-14/h6-9,11,14,26-27H,3-5H2,1-2H3,(H,22,23,24)/t8-,9-,11?,14-/m1/s1. The molecule has 1 aliphatic rings. The normalized spacial score (nSPS) is 25.8. The monoisotopic (exact) mass is 407 g/mol. The number of aromatic nitrogens is 4. The Hall–Kier alpha value is -2.05. The van der Waals surface area contributed by atoms with Gasteiger partial charge in [-0.1, -0.05) is 13.8 Å². The summed E-state index contributed by atoms with van der Waals surface area (Å²) in [6.07, 6.45) is -8.74. The van der Waals surface area contributed by atoms with Crippen molar-refractivity contribution in [2.45, 2.75) is 63.5 Å². The maximum Gasteiger partial charge on any atom is 0.451 e. The molecule has 0 aliphatic carbocycles. The van der Waals surface area contributed by atoms with Gasteiger partial charge in [-0.05, 0) is 12.8 Å². The minimum atomic E-state index is -4.83. The molecule has 1 fully saturated rings. The van der Waals surface area contributed by atoms with Crippen molar-refractivity contribution in [2.24, 2.45) is 0 Å². The number of hydrogen-bond donors (Lipinski definition) is 3. The molecule has 4 atom stereocenters. The van der Waals surface area contributed by atoms with E-state index in [4.69, 9.17) is 4.74 Å². The van der Waals surface area contributed by atoms with Crippen molar-refractivity contribution in [3.05, 3.63) is 12.2 Å². The maximum atomic E-state index is 14.4. The predicted molar refractivity (Wildman–Crippen MR) is 90.2 cm³/mol. The largest absolute Gasteiger partial charge is 0.451 e. The zero-order chi connectivity index (χ0) is 20.6. The summed E-state index contributed by atoms with van der Waals surface area (Å²) < 4.78 is 60.6. The van der Waals surface area contributed by atoms with E-state index in [2.05, 4.69) is 20.3 Å². The Balaban J connectivity index is 2.11. The highest BCUT2D eigenvalue weighted by Gasteiger charge is 2.46. The number of imidazole rings is 1. The van der Waals surface area contributed by atoms with Crippen molar-refractivity contribution in [1.82, 2.24) is 19.5 Å². The molecule has 0 bridgehead atoms. The van der Waals surface area contributed by atoms with Gasteiger partial charge in [0.15, 0.2) is 29.4 Å². The Morgan fingerprint density at radius 3 is 2.50 bits per heavy atom. The second-order valence-corrected chi connectivity index (χ2v) is 6.56. The summed E-state index contributed by atoms with van der Waals surface area (Å²) in [7, 11) is 0. The van der Waals surface area contributed by atoms with Gasteiger partial charge >= 0.3 is 6.18 Å². The van der Waals surface area contributed by atoms with Gasteiger partial charge in [0.05, 0.1) is 12.9 Å². The molecule has 2 aromatic heterocycles. The molecule has 1 aliphatic heterocycles. The molecular formula is C16H21F4N5O3. The van der Waals surface area contributed by atoms with Crippen molar-refractivity contribution < 1.29 is 32.5 Å². The molecule has 0 amide bonds. The van der Waals surface area contributed by atoms with Crippen LogP contribution in [0.2, 0.25) is 0 Å². The van der Waals surface area contributed by atoms with E-state index in [-0.39, 0.29) is 23.0 Å². The molecule has 8 nitrogen and oxygen atoms in total. The SMILES string of the molecule is CCC(CC)Nc1nc(C(F)(F)F)nc2c1ncn2[C@@H]1O[C@H](CO)C(O)[C@H]1F. The molecule has 156 valence electrons. The van der Waals surface area contributed by atoms with E-state index < -0.39 is 43.2 Å². The zero-order valence-electron chi connectivity index (χ0n) is 15.2. The lowest BCUT2D eigenvalue weighted by molar-refractivity contribution is -0.144. The summed E-state index contributed by atoms with van der Waals surface area (Å²) in [5, 5.41) is 21.9. The molecule has 3 rings (SSSR count). The van der Waals surface area contributed by atoms with Crippen molar-refractivity contribution in [2.75, 3.05) is 11.9 Å². The number of aliphatic hydroxyl groups is 2. The molecule has 0 aromatic carbocycles. The summed E-state index contributed by atoms with van der Waals surface area (Å²) in [4.78, 5) is 11.1. The number of aliphatic hydroxyl groups excluding tert-OH is 2. The fourth-order valence-electron chi connectivity index (χ4n) is 3.09. The van der Waals surface area contributed by atoms with E-state index in [1.165, 1.54) is 0 Å². The fraction of sp³-hybridized carbons (Fsp3) is 0.688. The van der Waals surface area contributed by atoms with Crippen LogP contribution in [0.25, 0.3) is 11.2 Å². The summed E-state index contributed by atoms with van der Waals surface area (Å²) >= 11 is 0. The van der Waals surface area contributed by atoms with Gasteiger partial charge < -0.3 is 20.3 Å². The number of rotatable bonds is 6. The van der Waals surface area contributed by atoms with Crippen LogP contribution in [-0.2, 0) is 10.9 Å². The van der Waals surface area contributed by atoms with Gasteiger partial charge in [0.2, 0.25) is 5.82 Å². The number of anilines is 1. The smallest absolute Gasteiger partial charge is 0.394 e. The van der Waals surface area contributed by atoms with Crippen LogP contribution in [0.3, 0.4) is 0 Å². The van der Waals surface area contributed by atoms with Crippen molar-refractivity contribution in [1.29, 1.82) is 0 Å². The van der Waals surface area contributed by atoms with Gasteiger partial charge in [-0.25, -0.2) is 19.3 Å². The molecule has 12 heteroatoms. The molecule has 1 unspecified atom stereocenters. The van der Waals surface area contributed by atoms with Gasteiger partial charge in [-0.2, -0.15) is 13.2 Å². The second kappa shape index (κ2) is 7.76. The van der Waals surface area contributed by atoms with Crippen molar-refractivity contribution >= 4 is 17.0 Å². The van der Waals surface area contributed by atoms with E-state index in [1.807, 2.05) is 13.8 Å². The highest BCUT2D eigenvalue weighted by molar-refractivity contribution is 5.83. The molecule has 0 radical (unpaired) electrons. The fourth-order valence-corrected chi connectivity index (χ4v) is 3.09. The number of alkyl halides is 4. The number of fused-ring (bicyclic) bond motifs is 1. The molecular weight excluding hydrogens is 386 g/mol. The zero-order valence-corrected chi connectivity index (χ0v) is 15.2. The molecule has 1 saturated heterocycles. The Labute approximate surface area is 157 Å². The number of hydrogen-bond acceptors (Lipinski definition) is 7. The van der Waals surface area contributed by atoms with E-state index >= 15 is 0 Å². The Morgan fingerprint density at radius 1 is 1.29 bits per heavy atom. The lowest BCUT2D eigenvalue weighted by Crippen LogP contribution is -2.30. The minimum Gasteiger partial charge on any atom is -0.394 e. The van der Waals surface area contributed by atoms with Gasteiger partial charge in [-0.3, -0.25) is 4.57 Å². The molecule has 0 saturated carbocycles. The maximum absolute atomic E-state index is 14.4. The Kier molecular flexibility index (Phi) is 5.73. The average molecular weight is 407 g/mol. The summed E-state index contributed by atoms with van der Waals surface area (Å²) in [6, 6.07) is -0.137. The number of nitrogens with zero attached hydrogens (tertiary/aromatic N) is 4. The highest BCUT2D eigenvalue weighted by Crippen LogP contribution is 2.36. The van der Waals surface area contributed by atoms with E-state index in [0.717, 1.165) is 10.9 Å². The van der Waals surface area contributed by atoms with E-state index in [1.54, 1.807) is 0 Å². The van der Waals surface area contributed by atoms with Crippen molar-refractivity contribution in [3.63, 3.8) is 0 Å². The summed E-state index contributed by atoms with van der Waals surface area (Å²) in [5.41, 5.74) is -0.258. The predicted octanol–water partition coefficient (Wildman–Crippen LogP) is 2.03. The first-order valence-corrected chi connectivity index (χ1v) is 8.87. The third-order valence-electron chi connectivity index (χ3n) is 4.75. The topological polar surface area (TPSA) is 105 Å². The first kappa shape index (κ1) is 20.7. The first-order valence-electron chi connectivity index (χ1n) is 8.87. The molecule has 3 N–H and O–H groups in total. The third-order valence-corrected chi connectivity index (χ3v) is 4.75. The van der Waals surface area contributed by atoms with E-state index in [9.17, 15) is 27.8 Å². The molecule has 3 heterocycles. The van der Waals surface area contributed by atoms with Crippen LogP contribution in [0.4, 0.5) is 23.4 Å². The average Bonchev–Trinajstić information content (AvgIpc) is 3.20. The summed E-state index contributed by atoms with van der Waals surface area (Å²) in [5.74, 6) is -1.51. The highest BCUT2D eigenvalue weighted by atomic mass is 19.4. The van der Waals surface area contributed by atoms with Gasteiger partial charge in [0.1, 0.15) is 12.2 Å². The second-order valence-electron chi connectivity index (χ2n) is 6.56. The van der Waals surface area contributed by atoms with Crippen LogP contribution in [0.15, 0.2) is 6.33 Å². The number of halogens is 4.